The Hall–Kier alpha value is -2.62. The molecule has 0 amide bonds. The summed E-state index contributed by atoms with van der Waals surface area (Å²) in [6.07, 6.45) is 9.00. The normalized spacial score (nSPS) is 10.8. The zero-order valence-corrected chi connectivity index (χ0v) is 17.1. The van der Waals surface area contributed by atoms with Crippen LogP contribution < -0.4 is 14.2 Å². The standard InChI is InChI=1S/C24H32O4/c1-3-5-17-25-18-7-6-8-19-26-22-13-15-24(16-14-22)28-20-27-23-11-9-21(4-2)10-12-23/h5,9-17H,3-4,6-8,18-20H2,1-2H3/b17-5+. The van der Waals surface area contributed by atoms with Crippen molar-refractivity contribution in [3.05, 3.63) is 66.4 Å². The predicted molar refractivity (Wildman–Crippen MR) is 113 cm³/mol. The van der Waals surface area contributed by atoms with Gasteiger partial charge in [0.05, 0.1) is 19.5 Å². The van der Waals surface area contributed by atoms with Gasteiger partial charge in [-0.25, -0.2) is 0 Å². The van der Waals surface area contributed by atoms with E-state index < -0.39 is 0 Å². The molecule has 0 aliphatic carbocycles. The lowest BCUT2D eigenvalue weighted by molar-refractivity contribution is 0.119. The number of hydrogen-bond acceptors (Lipinski definition) is 4. The summed E-state index contributed by atoms with van der Waals surface area (Å²) in [5.41, 5.74) is 1.29. The highest BCUT2D eigenvalue weighted by atomic mass is 16.7. The molecule has 0 bridgehead atoms. The minimum absolute atomic E-state index is 0.182. The molecule has 28 heavy (non-hydrogen) atoms. The molecule has 0 radical (unpaired) electrons. The molecule has 2 rings (SSSR count). The SMILES string of the molecule is CC/C=C/OCCCCCOc1ccc(OCOc2ccc(CC)cc2)cc1. The van der Waals surface area contributed by atoms with E-state index in [-0.39, 0.29) is 6.79 Å². The van der Waals surface area contributed by atoms with Gasteiger partial charge < -0.3 is 18.9 Å². The first-order chi connectivity index (χ1) is 13.8. The van der Waals surface area contributed by atoms with E-state index in [9.17, 15) is 0 Å². The predicted octanol–water partition coefficient (Wildman–Crippen LogP) is 6.15. The van der Waals surface area contributed by atoms with Crippen LogP contribution in [0.15, 0.2) is 60.9 Å². The topological polar surface area (TPSA) is 36.9 Å². The average Bonchev–Trinajstić information content (AvgIpc) is 2.74. The van der Waals surface area contributed by atoms with Crippen LogP contribution in [0.25, 0.3) is 0 Å². The molecule has 4 heteroatoms. The highest BCUT2D eigenvalue weighted by Crippen LogP contribution is 2.19. The smallest absolute Gasteiger partial charge is 0.230 e. The van der Waals surface area contributed by atoms with E-state index in [2.05, 4.69) is 26.0 Å². The molecule has 0 atom stereocenters. The zero-order chi connectivity index (χ0) is 19.9. The molecule has 0 saturated heterocycles. The fourth-order valence-corrected chi connectivity index (χ4v) is 2.51. The highest BCUT2D eigenvalue weighted by molar-refractivity contribution is 5.31. The van der Waals surface area contributed by atoms with E-state index in [0.717, 1.165) is 56.0 Å². The fraction of sp³-hybridized carbons (Fsp3) is 0.417. The Morgan fingerprint density at radius 2 is 1.25 bits per heavy atom. The second-order valence-electron chi connectivity index (χ2n) is 6.44. The lowest BCUT2D eigenvalue weighted by Crippen LogP contribution is -2.05. The fourth-order valence-electron chi connectivity index (χ4n) is 2.51. The van der Waals surface area contributed by atoms with Crippen LogP contribution in [0.2, 0.25) is 0 Å². The number of aryl methyl sites for hydroxylation is 1. The first-order valence-corrected chi connectivity index (χ1v) is 10.2. The van der Waals surface area contributed by atoms with E-state index in [4.69, 9.17) is 18.9 Å². The van der Waals surface area contributed by atoms with Gasteiger partial charge in [-0.05, 0) is 74.1 Å². The molecule has 152 valence electrons. The van der Waals surface area contributed by atoms with Gasteiger partial charge in [0.15, 0.2) is 0 Å². The largest absolute Gasteiger partial charge is 0.502 e. The number of allylic oxidation sites excluding steroid dienone is 1. The molecular formula is C24H32O4. The van der Waals surface area contributed by atoms with Crippen LogP contribution in [0.3, 0.4) is 0 Å². The molecule has 0 N–H and O–H groups in total. The van der Waals surface area contributed by atoms with Crippen molar-refractivity contribution in [3.63, 3.8) is 0 Å². The average molecular weight is 385 g/mol. The van der Waals surface area contributed by atoms with E-state index in [0.29, 0.717) is 6.61 Å². The van der Waals surface area contributed by atoms with E-state index in [1.807, 2.05) is 42.5 Å². The number of hydrogen-bond donors (Lipinski definition) is 0. The summed E-state index contributed by atoms with van der Waals surface area (Å²) in [5, 5.41) is 0. The van der Waals surface area contributed by atoms with Crippen molar-refractivity contribution in [3.8, 4) is 17.2 Å². The van der Waals surface area contributed by atoms with E-state index >= 15 is 0 Å². The van der Waals surface area contributed by atoms with Crippen molar-refractivity contribution in [2.24, 2.45) is 0 Å². The van der Waals surface area contributed by atoms with Crippen LogP contribution in [0.1, 0.15) is 45.1 Å². The molecule has 0 unspecified atom stereocenters. The molecular weight excluding hydrogens is 352 g/mol. The van der Waals surface area contributed by atoms with Gasteiger partial charge >= 0.3 is 0 Å². The lowest BCUT2D eigenvalue weighted by atomic mass is 10.2. The van der Waals surface area contributed by atoms with Gasteiger partial charge in [-0.3, -0.25) is 0 Å². The molecule has 2 aromatic carbocycles. The van der Waals surface area contributed by atoms with Gasteiger partial charge in [0.2, 0.25) is 6.79 Å². The van der Waals surface area contributed by atoms with Crippen LogP contribution in [0.4, 0.5) is 0 Å². The van der Waals surface area contributed by atoms with Crippen molar-refractivity contribution in [1.29, 1.82) is 0 Å². The zero-order valence-electron chi connectivity index (χ0n) is 17.1. The van der Waals surface area contributed by atoms with Gasteiger partial charge in [-0.2, -0.15) is 0 Å². The molecule has 0 aromatic heterocycles. The van der Waals surface area contributed by atoms with Gasteiger partial charge in [0.25, 0.3) is 0 Å². The molecule has 0 spiro atoms. The minimum atomic E-state index is 0.182. The number of benzene rings is 2. The first kappa shape index (κ1) is 21.7. The van der Waals surface area contributed by atoms with Gasteiger partial charge in [0, 0.05) is 0 Å². The summed E-state index contributed by atoms with van der Waals surface area (Å²) in [7, 11) is 0. The Morgan fingerprint density at radius 3 is 1.86 bits per heavy atom. The summed E-state index contributed by atoms with van der Waals surface area (Å²) < 4.78 is 22.4. The third-order valence-electron chi connectivity index (χ3n) is 4.21. The second kappa shape index (κ2) is 13.5. The van der Waals surface area contributed by atoms with E-state index in [1.165, 1.54) is 5.56 Å². The number of rotatable bonds is 14. The van der Waals surface area contributed by atoms with Crippen molar-refractivity contribution >= 4 is 0 Å². The molecule has 0 aliphatic heterocycles. The second-order valence-corrected chi connectivity index (χ2v) is 6.44. The van der Waals surface area contributed by atoms with Crippen LogP contribution in [0, 0.1) is 0 Å². The molecule has 4 nitrogen and oxygen atoms in total. The molecule has 0 aliphatic rings. The van der Waals surface area contributed by atoms with Crippen molar-refractivity contribution < 1.29 is 18.9 Å². The van der Waals surface area contributed by atoms with Crippen LogP contribution >= 0.6 is 0 Å². The highest BCUT2D eigenvalue weighted by Gasteiger charge is 1.99. The van der Waals surface area contributed by atoms with Gasteiger partial charge in [-0.15, -0.1) is 0 Å². The monoisotopic (exact) mass is 384 g/mol. The van der Waals surface area contributed by atoms with Crippen LogP contribution in [-0.4, -0.2) is 20.0 Å². The van der Waals surface area contributed by atoms with Crippen molar-refractivity contribution in [2.45, 2.75) is 46.0 Å². The summed E-state index contributed by atoms with van der Waals surface area (Å²) in [4.78, 5) is 0. The van der Waals surface area contributed by atoms with Crippen LogP contribution in [-0.2, 0) is 11.2 Å². The Bertz CT molecular complexity index is 662. The quantitative estimate of drug-likeness (QED) is 0.222. The third-order valence-corrected chi connectivity index (χ3v) is 4.21. The Balaban J connectivity index is 1.56. The van der Waals surface area contributed by atoms with Gasteiger partial charge in [-0.1, -0.05) is 32.1 Å². The Morgan fingerprint density at radius 1 is 0.679 bits per heavy atom. The lowest BCUT2D eigenvalue weighted by Gasteiger charge is -2.10. The van der Waals surface area contributed by atoms with E-state index in [1.54, 1.807) is 6.26 Å². The summed E-state index contributed by atoms with van der Waals surface area (Å²) in [6, 6.07) is 15.7. The summed E-state index contributed by atoms with van der Waals surface area (Å²) in [5.74, 6) is 2.42. The van der Waals surface area contributed by atoms with Crippen molar-refractivity contribution in [2.75, 3.05) is 20.0 Å². The number of ether oxygens (including phenoxy) is 4. The summed E-state index contributed by atoms with van der Waals surface area (Å²) >= 11 is 0. The molecule has 2 aromatic rings. The Kier molecular flexibility index (Phi) is 10.5. The maximum Gasteiger partial charge on any atom is 0.230 e. The number of unbranched alkanes of at least 4 members (excludes halogenated alkanes) is 2. The Labute approximate surface area is 169 Å². The molecule has 0 saturated carbocycles. The maximum absolute atomic E-state index is 5.76. The van der Waals surface area contributed by atoms with Gasteiger partial charge in [0.1, 0.15) is 17.2 Å². The summed E-state index contributed by atoms with van der Waals surface area (Å²) in [6.45, 7) is 5.89. The molecule has 0 heterocycles. The molecule has 0 fully saturated rings. The third kappa shape index (κ3) is 8.85. The maximum atomic E-state index is 5.76. The van der Waals surface area contributed by atoms with Crippen molar-refractivity contribution in [1.82, 2.24) is 0 Å². The minimum Gasteiger partial charge on any atom is -0.502 e. The van der Waals surface area contributed by atoms with Crippen LogP contribution in [0.5, 0.6) is 17.2 Å². The first-order valence-electron chi connectivity index (χ1n) is 10.2.